The molecular weight excluding hydrogens is 274 g/mol. The van der Waals surface area contributed by atoms with Crippen LogP contribution >= 0.6 is 0 Å². The van der Waals surface area contributed by atoms with E-state index in [1.54, 1.807) is 20.8 Å². The molecule has 1 amide bonds. The number of carbonyl (C=O) groups is 1. The number of rotatable bonds is 2. The van der Waals surface area contributed by atoms with Crippen LogP contribution in [0.25, 0.3) is 0 Å². The standard InChI is InChI=1S/C11H21NO6S/c1-11(2,3)17-10(13)12-5-6-16-8-9(7-12)18-19(4,14)15/h9H,5-8H2,1-4H3/t9-/m1/s1. The minimum absolute atomic E-state index is 0.127. The van der Waals surface area contributed by atoms with Gasteiger partial charge in [0.25, 0.3) is 10.1 Å². The van der Waals surface area contributed by atoms with Gasteiger partial charge in [0.15, 0.2) is 0 Å². The number of hydrogen-bond donors (Lipinski definition) is 0. The second-order valence-electron chi connectivity index (χ2n) is 5.42. The van der Waals surface area contributed by atoms with Crippen molar-refractivity contribution in [1.82, 2.24) is 4.90 Å². The van der Waals surface area contributed by atoms with Crippen molar-refractivity contribution in [2.24, 2.45) is 0 Å². The number of amides is 1. The second-order valence-corrected chi connectivity index (χ2v) is 7.02. The first-order chi connectivity index (χ1) is 8.57. The number of nitrogens with zero attached hydrogens (tertiary/aromatic N) is 1. The third kappa shape index (κ3) is 6.74. The van der Waals surface area contributed by atoms with Crippen LogP contribution in [0, 0.1) is 0 Å². The van der Waals surface area contributed by atoms with E-state index in [1.807, 2.05) is 0 Å². The predicted octanol–water partition coefficient (Wildman–Crippen LogP) is 0.599. The predicted molar refractivity (Wildman–Crippen MR) is 68.3 cm³/mol. The highest BCUT2D eigenvalue weighted by Crippen LogP contribution is 2.13. The Morgan fingerprint density at radius 3 is 2.53 bits per heavy atom. The third-order valence-electron chi connectivity index (χ3n) is 2.20. The number of ether oxygens (including phenoxy) is 2. The zero-order valence-electron chi connectivity index (χ0n) is 11.7. The van der Waals surface area contributed by atoms with Crippen molar-refractivity contribution < 1.29 is 26.9 Å². The Balaban J connectivity index is 2.65. The van der Waals surface area contributed by atoms with E-state index >= 15 is 0 Å². The highest BCUT2D eigenvalue weighted by molar-refractivity contribution is 7.86. The molecule has 0 radical (unpaired) electrons. The fraction of sp³-hybridized carbons (Fsp3) is 0.909. The molecule has 0 unspecified atom stereocenters. The molecule has 0 aliphatic carbocycles. The van der Waals surface area contributed by atoms with E-state index in [4.69, 9.17) is 13.7 Å². The van der Waals surface area contributed by atoms with Crippen molar-refractivity contribution in [1.29, 1.82) is 0 Å². The molecule has 0 spiro atoms. The Labute approximate surface area is 113 Å². The van der Waals surface area contributed by atoms with Crippen LogP contribution < -0.4 is 0 Å². The Hall–Kier alpha value is -0.860. The lowest BCUT2D eigenvalue weighted by atomic mass is 10.2. The SMILES string of the molecule is CC(C)(C)OC(=O)N1CCOC[C@H](OS(C)(=O)=O)C1. The molecule has 0 aromatic carbocycles. The van der Waals surface area contributed by atoms with Gasteiger partial charge < -0.3 is 14.4 Å². The molecule has 19 heavy (non-hydrogen) atoms. The first kappa shape index (κ1) is 16.2. The van der Waals surface area contributed by atoms with Crippen molar-refractivity contribution in [3.8, 4) is 0 Å². The smallest absolute Gasteiger partial charge is 0.410 e. The molecule has 1 fully saturated rings. The second kappa shape index (κ2) is 6.06. The van der Waals surface area contributed by atoms with Gasteiger partial charge in [0.1, 0.15) is 11.7 Å². The summed E-state index contributed by atoms with van der Waals surface area (Å²) in [6.07, 6.45) is -0.236. The monoisotopic (exact) mass is 295 g/mol. The number of hydrogen-bond acceptors (Lipinski definition) is 6. The Kier molecular flexibility index (Phi) is 5.17. The normalized spacial score (nSPS) is 21.9. The van der Waals surface area contributed by atoms with E-state index in [0.717, 1.165) is 6.26 Å². The molecule has 0 N–H and O–H groups in total. The summed E-state index contributed by atoms with van der Waals surface area (Å²) in [6, 6.07) is 0. The largest absolute Gasteiger partial charge is 0.444 e. The molecule has 0 saturated carbocycles. The molecule has 0 aromatic heterocycles. The Bertz CT molecular complexity index is 413. The molecule has 1 aliphatic rings. The quantitative estimate of drug-likeness (QED) is 0.694. The maximum atomic E-state index is 11.9. The van der Waals surface area contributed by atoms with Gasteiger partial charge >= 0.3 is 6.09 Å². The maximum Gasteiger partial charge on any atom is 0.410 e. The molecule has 1 aliphatic heterocycles. The van der Waals surface area contributed by atoms with Crippen LogP contribution in [0.1, 0.15) is 20.8 Å². The molecule has 0 bridgehead atoms. The summed E-state index contributed by atoms with van der Waals surface area (Å²) >= 11 is 0. The highest BCUT2D eigenvalue weighted by atomic mass is 32.2. The van der Waals surface area contributed by atoms with E-state index in [0.29, 0.717) is 13.2 Å². The van der Waals surface area contributed by atoms with E-state index < -0.39 is 27.9 Å². The summed E-state index contributed by atoms with van der Waals surface area (Å²) in [5.74, 6) is 0. The van der Waals surface area contributed by atoms with Crippen LogP contribution in [0.2, 0.25) is 0 Å². The van der Waals surface area contributed by atoms with Crippen molar-refractivity contribution in [2.45, 2.75) is 32.5 Å². The van der Waals surface area contributed by atoms with E-state index in [9.17, 15) is 13.2 Å². The zero-order chi connectivity index (χ0) is 14.7. The minimum atomic E-state index is -3.58. The van der Waals surface area contributed by atoms with Gasteiger partial charge in [-0.15, -0.1) is 0 Å². The lowest BCUT2D eigenvalue weighted by Gasteiger charge is -2.27. The zero-order valence-corrected chi connectivity index (χ0v) is 12.5. The van der Waals surface area contributed by atoms with Gasteiger partial charge in [-0.25, -0.2) is 4.79 Å². The van der Waals surface area contributed by atoms with Gasteiger partial charge in [-0.3, -0.25) is 4.18 Å². The Morgan fingerprint density at radius 2 is 2.00 bits per heavy atom. The van der Waals surface area contributed by atoms with Crippen molar-refractivity contribution in [3.05, 3.63) is 0 Å². The van der Waals surface area contributed by atoms with Gasteiger partial charge in [0, 0.05) is 6.54 Å². The summed E-state index contributed by atoms with van der Waals surface area (Å²) in [5, 5.41) is 0. The summed E-state index contributed by atoms with van der Waals surface area (Å²) in [4.78, 5) is 13.3. The van der Waals surface area contributed by atoms with Crippen LogP contribution in [0.3, 0.4) is 0 Å². The van der Waals surface area contributed by atoms with Crippen LogP contribution in [-0.2, 0) is 23.8 Å². The molecule has 112 valence electrons. The van der Waals surface area contributed by atoms with Gasteiger partial charge in [0.05, 0.1) is 26.0 Å². The lowest BCUT2D eigenvalue weighted by Crippen LogP contribution is -2.42. The summed E-state index contributed by atoms with van der Waals surface area (Å²) in [7, 11) is -3.58. The van der Waals surface area contributed by atoms with E-state index in [2.05, 4.69) is 0 Å². The van der Waals surface area contributed by atoms with Gasteiger partial charge in [-0.1, -0.05) is 0 Å². The fourth-order valence-corrected chi connectivity index (χ4v) is 2.19. The van der Waals surface area contributed by atoms with Crippen molar-refractivity contribution in [2.75, 3.05) is 32.6 Å². The fourth-order valence-electron chi connectivity index (χ4n) is 1.58. The molecule has 8 heteroatoms. The van der Waals surface area contributed by atoms with Crippen LogP contribution in [-0.4, -0.2) is 63.7 Å². The van der Waals surface area contributed by atoms with Gasteiger partial charge in [-0.05, 0) is 20.8 Å². The molecule has 1 heterocycles. The van der Waals surface area contributed by atoms with Crippen LogP contribution in [0.4, 0.5) is 4.79 Å². The first-order valence-electron chi connectivity index (χ1n) is 6.01. The molecule has 7 nitrogen and oxygen atoms in total. The van der Waals surface area contributed by atoms with E-state index in [-0.39, 0.29) is 13.2 Å². The topological polar surface area (TPSA) is 82.1 Å². The summed E-state index contributed by atoms with van der Waals surface area (Å²) < 4.78 is 37.5. The minimum Gasteiger partial charge on any atom is -0.444 e. The summed E-state index contributed by atoms with van der Waals surface area (Å²) in [5.41, 5.74) is -0.600. The molecular formula is C11H21NO6S. The molecule has 1 saturated heterocycles. The van der Waals surface area contributed by atoms with Crippen molar-refractivity contribution in [3.63, 3.8) is 0 Å². The molecule has 0 aromatic rings. The third-order valence-corrected chi connectivity index (χ3v) is 2.82. The maximum absolute atomic E-state index is 11.9. The van der Waals surface area contributed by atoms with Gasteiger partial charge in [-0.2, -0.15) is 8.42 Å². The Morgan fingerprint density at radius 1 is 1.37 bits per heavy atom. The van der Waals surface area contributed by atoms with Crippen LogP contribution in [0.15, 0.2) is 0 Å². The molecule has 1 atom stereocenters. The van der Waals surface area contributed by atoms with Gasteiger partial charge in [0.2, 0.25) is 0 Å². The first-order valence-corrected chi connectivity index (χ1v) is 7.82. The van der Waals surface area contributed by atoms with Crippen LogP contribution in [0.5, 0.6) is 0 Å². The molecule has 1 rings (SSSR count). The van der Waals surface area contributed by atoms with Crippen molar-refractivity contribution >= 4 is 16.2 Å². The average Bonchev–Trinajstić information content (AvgIpc) is 2.38. The van der Waals surface area contributed by atoms with E-state index in [1.165, 1.54) is 4.90 Å². The highest BCUT2D eigenvalue weighted by Gasteiger charge is 2.28. The average molecular weight is 295 g/mol. The summed E-state index contributed by atoms with van der Waals surface area (Å²) in [6.45, 7) is 6.23. The number of carbonyl (C=O) groups excluding carboxylic acids is 1. The lowest BCUT2D eigenvalue weighted by molar-refractivity contribution is 0.0206.